The van der Waals surface area contributed by atoms with Crippen LogP contribution in [0, 0.1) is 11.8 Å². The number of aromatic nitrogens is 1. The summed E-state index contributed by atoms with van der Waals surface area (Å²) in [5.74, 6) is 3.63. The quantitative estimate of drug-likeness (QED) is 0.685. The summed E-state index contributed by atoms with van der Waals surface area (Å²) in [6.07, 6.45) is 1.30. The van der Waals surface area contributed by atoms with Crippen LogP contribution in [0.1, 0.15) is 58.4 Å². The molecule has 0 aliphatic carbocycles. The fourth-order valence-electron chi connectivity index (χ4n) is 3.09. The summed E-state index contributed by atoms with van der Waals surface area (Å²) < 4.78 is 5.38. The number of nitrogens with zero attached hydrogens (tertiary/aromatic N) is 3. The lowest BCUT2D eigenvalue weighted by atomic mass is 9.92. The Morgan fingerprint density at radius 1 is 1.41 bits per heavy atom. The minimum absolute atomic E-state index is 0.388. The van der Waals surface area contributed by atoms with E-state index in [2.05, 4.69) is 50.0 Å². The smallest absolute Gasteiger partial charge is 0.194 e. The Balaban J connectivity index is 2.05. The molecule has 1 saturated heterocycles. The predicted molar refractivity (Wildman–Crippen MR) is 89.9 cm³/mol. The standard InChI is InChI=1S/C17H30N4O/c1-6-18-17(21-10-13(4)7-14(5)11-21)19-9-15-8-16(12(2)3)20-22-15/h8,12-14H,6-7,9-11H2,1-5H3,(H,18,19). The van der Waals surface area contributed by atoms with E-state index in [1.54, 1.807) is 0 Å². The van der Waals surface area contributed by atoms with E-state index < -0.39 is 0 Å². The lowest BCUT2D eigenvalue weighted by molar-refractivity contribution is 0.208. The summed E-state index contributed by atoms with van der Waals surface area (Å²) in [6, 6.07) is 2.01. The van der Waals surface area contributed by atoms with Crippen LogP contribution >= 0.6 is 0 Å². The van der Waals surface area contributed by atoms with Crippen LogP contribution in [0.4, 0.5) is 0 Å². The Bertz CT molecular complexity index is 485. The van der Waals surface area contributed by atoms with Gasteiger partial charge in [0, 0.05) is 25.7 Å². The third-order valence-electron chi connectivity index (χ3n) is 4.06. The topological polar surface area (TPSA) is 53.7 Å². The molecular formula is C17H30N4O. The van der Waals surface area contributed by atoms with E-state index in [0.29, 0.717) is 24.3 Å². The van der Waals surface area contributed by atoms with Crippen LogP contribution in [0.5, 0.6) is 0 Å². The lowest BCUT2D eigenvalue weighted by Crippen LogP contribution is -2.48. The number of likely N-dealkylation sites (tertiary alicyclic amines) is 1. The van der Waals surface area contributed by atoms with E-state index in [-0.39, 0.29) is 0 Å². The number of rotatable bonds is 4. The Labute approximate surface area is 134 Å². The third-order valence-corrected chi connectivity index (χ3v) is 4.06. The molecule has 2 heterocycles. The van der Waals surface area contributed by atoms with Gasteiger partial charge in [-0.05, 0) is 31.1 Å². The Kier molecular flexibility index (Phi) is 5.86. The molecule has 1 fully saturated rings. The highest BCUT2D eigenvalue weighted by atomic mass is 16.5. The van der Waals surface area contributed by atoms with E-state index in [4.69, 9.17) is 9.52 Å². The van der Waals surface area contributed by atoms with Gasteiger partial charge in [-0.3, -0.25) is 0 Å². The molecule has 2 atom stereocenters. The molecule has 0 aromatic carbocycles. The zero-order valence-corrected chi connectivity index (χ0v) is 14.6. The number of aliphatic imine (C=N–C) groups is 1. The molecule has 0 radical (unpaired) electrons. The van der Waals surface area contributed by atoms with Crippen LogP contribution in [0.25, 0.3) is 0 Å². The average Bonchev–Trinajstić information content (AvgIpc) is 2.91. The molecule has 1 aliphatic rings. The molecule has 5 heteroatoms. The molecule has 1 aromatic rings. The van der Waals surface area contributed by atoms with Crippen molar-refractivity contribution in [3.63, 3.8) is 0 Å². The second kappa shape index (κ2) is 7.65. The lowest BCUT2D eigenvalue weighted by Gasteiger charge is -2.37. The maximum Gasteiger partial charge on any atom is 0.194 e. The first-order valence-corrected chi connectivity index (χ1v) is 8.48. The molecule has 22 heavy (non-hydrogen) atoms. The van der Waals surface area contributed by atoms with Gasteiger partial charge in [-0.15, -0.1) is 0 Å². The normalized spacial score (nSPS) is 23.2. The van der Waals surface area contributed by atoms with Crippen molar-refractivity contribution in [1.82, 2.24) is 15.4 Å². The number of hydrogen-bond acceptors (Lipinski definition) is 3. The highest BCUT2D eigenvalue weighted by molar-refractivity contribution is 5.80. The fourth-order valence-corrected chi connectivity index (χ4v) is 3.09. The SMILES string of the molecule is CCNC(=NCc1cc(C(C)C)no1)N1CC(C)CC(C)C1. The molecule has 0 bridgehead atoms. The van der Waals surface area contributed by atoms with Crippen LogP contribution in [-0.4, -0.2) is 35.7 Å². The van der Waals surface area contributed by atoms with Crippen molar-refractivity contribution in [2.75, 3.05) is 19.6 Å². The van der Waals surface area contributed by atoms with Crippen molar-refractivity contribution in [2.45, 2.75) is 53.5 Å². The van der Waals surface area contributed by atoms with E-state index in [1.165, 1.54) is 6.42 Å². The van der Waals surface area contributed by atoms with Crippen molar-refractivity contribution in [3.8, 4) is 0 Å². The molecule has 0 saturated carbocycles. The number of guanidine groups is 1. The van der Waals surface area contributed by atoms with Gasteiger partial charge in [-0.25, -0.2) is 4.99 Å². The Morgan fingerprint density at radius 3 is 2.64 bits per heavy atom. The van der Waals surface area contributed by atoms with Gasteiger partial charge in [0.1, 0.15) is 6.54 Å². The average molecular weight is 306 g/mol. The Morgan fingerprint density at radius 2 is 2.09 bits per heavy atom. The first kappa shape index (κ1) is 16.8. The predicted octanol–water partition coefficient (Wildman–Crippen LogP) is 3.24. The highest BCUT2D eigenvalue weighted by Crippen LogP contribution is 2.21. The van der Waals surface area contributed by atoms with Crippen LogP contribution in [0.3, 0.4) is 0 Å². The second-order valence-electron chi connectivity index (χ2n) is 6.89. The van der Waals surface area contributed by atoms with E-state index >= 15 is 0 Å². The van der Waals surface area contributed by atoms with E-state index in [1.807, 2.05) is 6.07 Å². The molecule has 0 spiro atoms. The number of hydrogen-bond donors (Lipinski definition) is 1. The minimum Gasteiger partial charge on any atom is -0.359 e. The van der Waals surface area contributed by atoms with Gasteiger partial charge in [-0.1, -0.05) is 32.9 Å². The van der Waals surface area contributed by atoms with Gasteiger partial charge in [0.25, 0.3) is 0 Å². The van der Waals surface area contributed by atoms with Crippen molar-refractivity contribution in [2.24, 2.45) is 16.8 Å². The molecule has 2 unspecified atom stereocenters. The monoisotopic (exact) mass is 306 g/mol. The zero-order chi connectivity index (χ0) is 16.1. The summed E-state index contributed by atoms with van der Waals surface area (Å²) in [7, 11) is 0. The first-order chi connectivity index (χ1) is 10.5. The summed E-state index contributed by atoms with van der Waals surface area (Å²) in [5, 5.41) is 7.51. The van der Waals surface area contributed by atoms with Crippen molar-refractivity contribution < 1.29 is 4.52 Å². The molecule has 2 rings (SSSR count). The summed E-state index contributed by atoms with van der Waals surface area (Å²) in [6.45, 7) is 14.5. The highest BCUT2D eigenvalue weighted by Gasteiger charge is 2.24. The van der Waals surface area contributed by atoms with Gasteiger partial charge in [0.2, 0.25) is 0 Å². The molecule has 1 N–H and O–H groups in total. The zero-order valence-electron chi connectivity index (χ0n) is 14.6. The van der Waals surface area contributed by atoms with Crippen molar-refractivity contribution >= 4 is 5.96 Å². The molecule has 124 valence electrons. The van der Waals surface area contributed by atoms with Crippen molar-refractivity contribution in [3.05, 3.63) is 17.5 Å². The fraction of sp³-hybridized carbons (Fsp3) is 0.765. The summed E-state index contributed by atoms with van der Waals surface area (Å²) in [4.78, 5) is 7.12. The maximum absolute atomic E-state index is 5.38. The Hall–Kier alpha value is -1.52. The van der Waals surface area contributed by atoms with Gasteiger partial charge in [0.05, 0.1) is 5.69 Å². The number of piperidine rings is 1. The van der Waals surface area contributed by atoms with Gasteiger partial charge in [-0.2, -0.15) is 0 Å². The van der Waals surface area contributed by atoms with E-state index in [0.717, 1.165) is 37.0 Å². The third kappa shape index (κ3) is 4.49. The molecule has 5 nitrogen and oxygen atoms in total. The summed E-state index contributed by atoms with van der Waals surface area (Å²) >= 11 is 0. The van der Waals surface area contributed by atoms with E-state index in [9.17, 15) is 0 Å². The van der Waals surface area contributed by atoms with Gasteiger partial charge in [0.15, 0.2) is 11.7 Å². The molecule has 1 aromatic heterocycles. The molecular weight excluding hydrogens is 276 g/mol. The largest absolute Gasteiger partial charge is 0.359 e. The molecule has 0 amide bonds. The van der Waals surface area contributed by atoms with Crippen LogP contribution in [0.2, 0.25) is 0 Å². The number of nitrogens with one attached hydrogen (secondary N) is 1. The minimum atomic E-state index is 0.388. The summed E-state index contributed by atoms with van der Waals surface area (Å²) in [5.41, 5.74) is 0.996. The molecule has 1 aliphatic heterocycles. The first-order valence-electron chi connectivity index (χ1n) is 8.48. The van der Waals surface area contributed by atoms with Crippen LogP contribution in [0.15, 0.2) is 15.6 Å². The van der Waals surface area contributed by atoms with Gasteiger partial charge >= 0.3 is 0 Å². The van der Waals surface area contributed by atoms with Crippen molar-refractivity contribution in [1.29, 1.82) is 0 Å². The van der Waals surface area contributed by atoms with Crippen LogP contribution < -0.4 is 5.32 Å². The maximum atomic E-state index is 5.38. The van der Waals surface area contributed by atoms with Gasteiger partial charge < -0.3 is 14.7 Å². The second-order valence-corrected chi connectivity index (χ2v) is 6.89. The van der Waals surface area contributed by atoms with Crippen LogP contribution in [-0.2, 0) is 6.54 Å².